The topological polar surface area (TPSA) is 67.9 Å². The fourth-order valence-electron chi connectivity index (χ4n) is 3.59. The van der Waals surface area contributed by atoms with Crippen LogP contribution in [0.5, 0.6) is 0 Å². The quantitative estimate of drug-likeness (QED) is 0.329. The molecule has 0 aliphatic rings. The number of nitrogens with one attached hydrogen (secondary N) is 1. The molecule has 1 N–H and O–H groups in total. The van der Waals surface area contributed by atoms with E-state index in [4.69, 9.17) is 32.7 Å². The van der Waals surface area contributed by atoms with Gasteiger partial charge in [-0.25, -0.2) is 4.79 Å². The summed E-state index contributed by atoms with van der Waals surface area (Å²) < 4.78 is 10.3. The van der Waals surface area contributed by atoms with Crippen molar-refractivity contribution in [1.82, 2.24) is 5.32 Å². The Labute approximate surface area is 206 Å². The van der Waals surface area contributed by atoms with Crippen molar-refractivity contribution in [3.8, 4) is 0 Å². The Morgan fingerprint density at radius 1 is 1.06 bits per heavy atom. The third kappa shape index (κ3) is 8.78. The van der Waals surface area contributed by atoms with E-state index in [2.05, 4.69) is 16.3 Å². The van der Waals surface area contributed by atoms with Crippen LogP contribution in [0.25, 0.3) is 0 Å². The Bertz CT molecular complexity index is 905. The Balaban J connectivity index is 2.21. The number of alkyl carbamates (subject to hydrolysis) is 1. The van der Waals surface area contributed by atoms with Crippen LogP contribution in [0.1, 0.15) is 30.0 Å². The molecule has 8 heteroatoms. The molecule has 0 aromatic heterocycles. The van der Waals surface area contributed by atoms with E-state index in [0.717, 1.165) is 22.4 Å². The molecule has 0 bridgehead atoms. The number of hydrogen-bond donors (Lipinski definition) is 1. The minimum Gasteiger partial charge on any atom is -0.469 e. The van der Waals surface area contributed by atoms with E-state index in [9.17, 15) is 9.59 Å². The van der Waals surface area contributed by atoms with Crippen LogP contribution in [0.2, 0.25) is 0 Å². The number of methoxy groups -OCH3 is 1. The normalized spacial score (nSPS) is 12.5. The van der Waals surface area contributed by atoms with Gasteiger partial charge in [0, 0.05) is 30.5 Å². The summed E-state index contributed by atoms with van der Waals surface area (Å²) in [4.78, 5) is 26.9. The lowest BCUT2D eigenvalue weighted by atomic mass is 9.87. The van der Waals surface area contributed by atoms with Crippen molar-refractivity contribution in [2.45, 2.75) is 38.8 Å². The minimum atomic E-state index is -0.909. The Kier molecular flexibility index (Phi) is 10.8. The van der Waals surface area contributed by atoms with Gasteiger partial charge in [0.05, 0.1) is 19.1 Å². The summed E-state index contributed by atoms with van der Waals surface area (Å²) in [6, 6.07) is 15.5. The van der Waals surface area contributed by atoms with Gasteiger partial charge in [-0.2, -0.15) is 0 Å². The maximum Gasteiger partial charge on any atom is 0.407 e. The first-order valence-corrected chi connectivity index (χ1v) is 11.9. The first kappa shape index (κ1) is 26.8. The zero-order valence-corrected chi connectivity index (χ0v) is 20.9. The molecule has 6 nitrogen and oxygen atoms in total. The van der Waals surface area contributed by atoms with Crippen molar-refractivity contribution in [3.63, 3.8) is 0 Å². The number of nitrogens with zero attached hydrogens (tertiary/aromatic N) is 1. The number of alkyl halides is 2. The van der Waals surface area contributed by atoms with E-state index in [1.165, 1.54) is 7.11 Å². The van der Waals surface area contributed by atoms with Crippen molar-refractivity contribution >= 4 is 41.0 Å². The average molecular weight is 495 g/mol. The molecule has 180 valence electrons. The molecule has 1 atom stereocenters. The predicted octanol–water partition coefficient (Wildman–Crippen LogP) is 5.07. The van der Waals surface area contributed by atoms with E-state index in [1.807, 2.05) is 56.3 Å². The van der Waals surface area contributed by atoms with E-state index in [1.54, 1.807) is 0 Å². The van der Waals surface area contributed by atoms with Gasteiger partial charge in [0.1, 0.15) is 6.61 Å². The molecule has 1 amide bonds. The number of halogens is 2. The highest BCUT2D eigenvalue weighted by molar-refractivity contribution is 6.18. The number of anilines is 1. The van der Waals surface area contributed by atoms with Crippen molar-refractivity contribution in [2.24, 2.45) is 0 Å². The smallest absolute Gasteiger partial charge is 0.407 e. The molecule has 0 aliphatic carbocycles. The van der Waals surface area contributed by atoms with Crippen molar-refractivity contribution in [2.75, 3.05) is 36.9 Å². The molecule has 2 aromatic carbocycles. The van der Waals surface area contributed by atoms with Gasteiger partial charge in [-0.15, -0.1) is 23.2 Å². The number of carbonyl (C=O) groups is 2. The van der Waals surface area contributed by atoms with Gasteiger partial charge in [-0.3, -0.25) is 4.79 Å². The highest BCUT2D eigenvalue weighted by Gasteiger charge is 2.32. The summed E-state index contributed by atoms with van der Waals surface area (Å²) in [5.41, 5.74) is 3.00. The molecule has 0 aliphatic heterocycles. The highest BCUT2D eigenvalue weighted by Crippen LogP contribution is 2.25. The third-order valence-electron chi connectivity index (χ3n) is 5.37. The lowest BCUT2D eigenvalue weighted by Crippen LogP contribution is -2.49. The molecule has 0 unspecified atom stereocenters. The van der Waals surface area contributed by atoms with Crippen LogP contribution in [0.3, 0.4) is 0 Å². The van der Waals surface area contributed by atoms with Gasteiger partial charge in [0.25, 0.3) is 0 Å². The lowest BCUT2D eigenvalue weighted by molar-refractivity contribution is -0.142. The SMILES string of the molecule is COC(=O)C[C@](C)(Cc1cc(N(CCCl)CCCl)ccc1C)NC(=O)OCc1ccccc1. The van der Waals surface area contributed by atoms with Gasteiger partial charge in [0.15, 0.2) is 0 Å². The summed E-state index contributed by atoms with van der Waals surface area (Å²) in [6.07, 6.45) is -0.177. The average Bonchev–Trinajstić information content (AvgIpc) is 2.79. The number of rotatable bonds is 12. The summed E-state index contributed by atoms with van der Waals surface area (Å²) in [7, 11) is 1.33. The number of benzene rings is 2. The maximum atomic E-state index is 12.6. The zero-order chi connectivity index (χ0) is 24.3. The third-order valence-corrected chi connectivity index (χ3v) is 5.70. The van der Waals surface area contributed by atoms with E-state index < -0.39 is 17.6 Å². The van der Waals surface area contributed by atoms with Gasteiger partial charge in [-0.1, -0.05) is 36.4 Å². The summed E-state index contributed by atoms with van der Waals surface area (Å²) >= 11 is 11.9. The first-order valence-electron chi connectivity index (χ1n) is 10.8. The van der Waals surface area contributed by atoms with Crippen LogP contribution in [0.4, 0.5) is 10.5 Å². The Morgan fingerprint density at radius 2 is 1.73 bits per heavy atom. The second-order valence-electron chi connectivity index (χ2n) is 8.15. The van der Waals surface area contributed by atoms with E-state index in [-0.39, 0.29) is 13.0 Å². The van der Waals surface area contributed by atoms with Crippen LogP contribution in [0.15, 0.2) is 48.5 Å². The van der Waals surface area contributed by atoms with Crippen LogP contribution < -0.4 is 10.2 Å². The van der Waals surface area contributed by atoms with Crippen molar-refractivity contribution < 1.29 is 19.1 Å². The van der Waals surface area contributed by atoms with Gasteiger partial charge in [-0.05, 0) is 49.1 Å². The summed E-state index contributed by atoms with van der Waals surface area (Å²) in [6.45, 7) is 5.29. The van der Waals surface area contributed by atoms with Gasteiger partial charge >= 0.3 is 12.1 Å². The van der Waals surface area contributed by atoms with Gasteiger partial charge < -0.3 is 19.7 Å². The molecule has 0 radical (unpaired) electrons. The number of aryl methyl sites for hydroxylation is 1. The molecular formula is C25H32Cl2N2O4. The molecule has 0 saturated heterocycles. The first-order chi connectivity index (χ1) is 15.8. The minimum absolute atomic E-state index is 0.000674. The Hall–Kier alpha value is -2.44. The van der Waals surface area contributed by atoms with Crippen molar-refractivity contribution in [1.29, 1.82) is 0 Å². The molecule has 0 saturated carbocycles. The molecular weight excluding hydrogens is 463 g/mol. The number of ether oxygens (including phenoxy) is 2. The van der Waals surface area contributed by atoms with E-state index in [0.29, 0.717) is 31.3 Å². The zero-order valence-electron chi connectivity index (χ0n) is 19.4. The van der Waals surface area contributed by atoms with Crippen LogP contribution in [-0.4, -0.2) is 49.6 Å². The van der Waals surface area contributed by atoms with E-state index >= 15 is 0 Å². The monoisotopic (exact) mass is 494 g/mol. The maximum absolute atomic E-state index is 12.6. The number of hydrogen-bond acceptors (Lipinski definition) is 5. The largest absolute Gasteiger partial charge is 0.469 e. The highest BCUT2D eigenvalue weighted by atomic mass is 35.5. The Morgan fingerprint density at radius 3 is 2.33 bits per heavy atom. The fourth-order valence-corrected chi connectivity index (χ4v) is 3.99. The fraction of sp³-hybridized carbons (Fsp3) is 0.440. The molecule has 0 fully saturated rings. The van der Waals surface area contributed by atoms with Crippen molar-refractivity contribution in [3.05, 3.63) is 65.2 Å². The second-order valence-corrected chi connectivity index (χ2v) is 8.91. The van der Waals surface area contributed by atoms with Crippen LogP contribution >= 0.6 is 23.2 Å². The standard InChI is InChI=1S/C25H32Cl2N2O4/c1-19-9-10-22(29(13-11-26)14-12-27)15-21(19)16-25(2,17-23(30)32-3)28-24(31)33-18-20-7-5-4-6-8-20/h4-10,15H,11-14,16-18H2,1-3H3,(H,28,31)/t25-/m0/s1. The van der Waals surface area contributed by atoms with Gasteiger partial charge in [0.2, 0.25) is 0 Å². The van der Waals surface area contributed by atoms with Crippen LogP contribution in [0, 0.1) is 6.92 Å². The number of esters is 1. The summed E-state index contributed by atoms with van der Waals surface area (Å²) in [5.74, 6) is 0.546. The molecule has 33 heavy (non-hydrogen) atoms. The molecule has 0 spiro atoms. The lowest BCUT2D eigenvalue weighted by Gasteiger charge is -2.31. The summed E-state index contributed by atoms with van der Waals surface area (Å²) in [5, 5.41) is 2.89. The second kappa shape index (κ2) is 13.3. The molecule has 0 heterocycles. The molecule has 2 rings (SSSR count). The predicted molar refractivity (Wildman–Crippen MR) is 133 cm³/mol. The number of carbonyl (C=O) groups excluding carboxylic acids is 2. The number of amides is 1. The van der Waals surface area contributed by atoms with Crippen LogP contribution in [-0.2, 0) is 27.3 Å². The molecule has 2 aromatic rings.